The monoisotopic (exact) mass is 746 g/mol. The van der Waals surface area contributed by atoms with Gasteiger partial charge in [0, 0.05) is 50.7 Å². The molecule has 2 aliphatic rings. The van der Waals surface area contributed by atoms with Crippen molar-refractivity contribution in [3.05, 3.63) is 132 Å². The van der Waals surface area contributed by atoms with Gasteiger partial charge in [-0.1, -0.05) is 48.5 Å². The Morgan fingerprint density at radius 1 is 0.625 bits per heavy atom. The van der Waals surface area contributed by atoms with Gasteiger partial charge in [0.15, 0.2) is 0 Å². The van der Waals surface area contributed by atoms with E-state index in [1.165, 1.54) is 0 Å². The van der Waals surface area contributed by atoms with E-state index in [4.69, 9.17) is 9.97 Å². The SMILES string of the molecule is O=C(C(O)Cc1cccnc1)N1CCC[C@H]1c1nc2ccc(-c3ccc(-c4ccc5nc([C@@H]6CCCN6C(=O)C(O)Cc6cccnc6)[nH]c5c4)cc3)cc2[nH]1. The number of hydrogen-bond donors (Lipinski definition) is 4. The van der Waals surface area contributed by atoms with Crippen molar-refractivity contribution in [1.29, 1.82) is 0 Å². The summed E-state index contributed by atoms with van der Waals surface area (Å²) in [6, 6.07) is 27.6. The van der Waals surface area contributed by atoms with E-state index < -0.39 is 12.2 Å². The van der Waals surface area contributed by atoms with Crippen molar-refractivity contribution in [3.8, 4) is 22.3 Å². The summed E-state index contributed by atoms with van der Waals surface area (Å²) in [5.41, 5.74) is 9.28. The first kappa shape index (κ1) is 35.5. The number of benzene rings is 3. The normalized spacial score (nSPS) is 18.2. The summed E-state index contributed by atoms with van der Waals surface area (Å²) in [4.78, 5) is 55.0. The molecule has 2 fully saturated rings. The van der Waals surface area contributed by atoms with Crippen LogP contribution >= 0.6 is 0 Å². The van der Waals surface area contributed by atoms with E-state index in [2.05, 4.69) is 68.5 Å². The number of nitrogens with one attached hydrogen (secondary N) is 2. The maximum atomic E-state index is 13.3. The zero-order valence-corrected chi connectivity index (χ0v) is 30.8. The molecule has 4 N–H and O–H groups in total. The zero-order valence-electron chi connectivity index (χ0n) is 30.8. The lowest BCUT2D eigenvalue weighted by Gasteiger charge is -2.25. The Balaban J connectivity index is 0.884. The number of carbonyl (C=O) groups is 2. The molecule has 282 valence electrons. The third-order valence-electron chi connectivity index (χ3n) is 11.1. The quantitative estimate of drug-likeness (QED) is 0.131. The minimum absolute atomic E-state index is 0.222. The number of aromatic nitrogens is 6. The average molecular weight is 747 g/mol. The van der Waals surface area contributed by atoms with Crippen molar-refractivity contribution < 1.29 is 19.8 Å². The second-order valence-electron chi connectivity index (χ2n) is 14.8. The molecule has 2 unspecified atom stereocenters. The maximum Gasteiger partial charge on any atom is 0.252 e. The molecule has 6 heterocycles. The molecule has 0 radical (unpaired) electrons. The highest BCUT2D eigenvalue weighted by atomic mass is 16.3. The molecular weight excluding hydrogens is 705 g/mol. The summed E-state index contributed by atoms with van der Waals surface area (Å²) < 4.78 is 0. The smallest absolute Gasteiger partial charge is 0.252 e. The van der Waals surface area contributed by atoms with Crippen LogP contribution in [-0.2, 0) is 22.4 Å². The number of likely N-dealkylation sites (tertiary alicyclic amines) is 2. The Labute approximate surface area is 323 Å². The number of nitrogens with zero attached hydrogens (tertiary/aromatic N) is 6. The van der Waals surface area contributed by atoms with Gasteiger partial charge in [-0.25, -0.2) is 9.97 Å². The Kier molecular flexibility index (Phi) is 9.58. The third-order valence-corrected chi connectivity index (χ3v) is 11.1. The van der Waals surface area contributed by atoms with Crippen LogP contribution in [0.3, 0.4) is 0 Å². The number of hydrogen-bond acceptors (Lipinski definition) is 8. The van der Waals surface area contributed by atoms with E-state index in [1.54, 1.807) is 46.7 Å². The molecule has 56 heavy (non-hydrogen) atoms. The van der Waals surface area contributed by atoms with Crippen LogP contribution in [0, 0.1) is 0 Å². The van der Waals surface area contributed by atoms with Gasteiger partial charge in [-0.05, 0) is 95.5 Å². The zero-order chi connectivity index (χ0) is 38.2. The lowest BCUT2D eigenvalue weighted by Crippen LogP contribution is -2.40. The minimum Gasteiger partial charge on any atom is -0.383 e. The van der Waals surface area contributed by atoms with E-state index >= 15 is 0 Å². The molecule has 2 amide bonds. The number of aliphatic hydroxyl groups is 2. The predicted octanol–water partition coefficient (Wildman–Crippen LogP) is 6.10. The minimum atomic E-state index is -1.14. The van der Waals surface area contributed by atoms with E-state index in [0.29, 0.717) is 13.1 Å². The summed E-state index contributed by atoms with van der Waals surface area (Å²) >= 11 is 0. The molecule has 2 aliphatic heterocycles. The number of pyridine rings is 2. The molecule has 3 aromatic carbocycles. The predicted molar refractivity (Wildman–Crippen MR) is 212 cm³/mol. The van der Waals surface area contributed by atoms with Gasteiger partial charge in [-0.15, -0.1) is 0 Å². The van der Waals surface area contributed by atoms with Crippen molar-refractivity contribution in [2.75, 3.05) is 13.1 Å². The highest BCUT2D eigenvalue weighted by Crippen LogP contribution is 2.35. The fourth-order valence-corrected chi connectivity index (χ4v) is 8.26. The Morgan fingerprint density at radius 3 is 1.46 bits per heavy atom. The highest BCUT2D eigenvalue weighted by Gasteiger charge is 2.36. The van der Waals surface area contributed by atoms with E-state index in [-0.39, 0.29) is 36.7 Å². The maximum absolute atomic E-state index is 13.3. The number of carbonyl (C=O) groups excluding carboxylic acids is 2. The molecule has 4 atom stereocenters. The first-order valence-corrected chi connectivity index (χ1v) is 19.2. The fourth-order valence-electron chi connectivity index (χ4n) is 8.26. The van der Waals surface area contributed by atoms with Crippen LogP contribution in [0.1, 0.15) is 60.5 Å². The Bertz CT molecular complexity index is 2330. The molecule has 4 aromatic heterocycles. The van der Waals surface area contributed by atoms with Crippen LogP contribution in [0.2, 0.25) is 0 Å². The summed E-state index contributed by atoms with van der Waals surface area (Å²) in [6.07, 6.45) is 8.12. The first-order valence-electron chi connectivity index (χ1n) is 19.2. The number of aliphatic hydroxyl groups excluding tert-OH is 2. The molecule has 12 nitrogen and oxygen atoms in total. The first-order chi connectivity index (χ1) is 27.4. The van der Waals surface area contributed by atoms with Crippen LogP contribution in [0.5, 0.6) is 0 Å². The average Bonchev–Trinajstić information content (AvgIpc) is 4.06. The number of H-pyrrole nitrogens is 2. The molecule has 12 heteroatoms. The molecule has 0 aliphatic carbocycles. The van der Waals surface area contributed by atoms with Gasteiger partial charge in [-0.2, -0.15) is 0 Å². The number of rotatable bonds is 10. The van der Waals surface area contributed by atoms with E-state index in [1.807, 2.05) is 24.3 Å². The number of aromatic amines is 2. The van der Waals surface area contributed by atoms with Crippen LogP contribution in [-0.4, -0.2) is 87.0 Å². The van der Waals surface area contributed by atoms with Crippen molar-refractivity contribution in [2.45, 2.75) is 62.8 Å². The molecular formula is C44H42N8O4. The van der Waals surface area contributed by atoms with Crippen LogP contribution < -0.4 is 0 Å². The summed E-state index contributed by atoms with van der Waals surface area (Å²) in [7, 11) is 0. The van der Waals surface area contributed by atoms with Gasteiger partial charge in [0.1, 0.15) is 23.9 Å². The third kappa shape index (κ3) is 7.04. The standard InChI is InChI=1S/C44H42N8O4/c53-39(21-27-5-1-17-45-25-27)43(55)51-19-3-7-37(51)41-47-33-15-13-31(23-35(33)49-41)29-9-11-30(12-10-29)32-14-16-34-36(24-32)50-42(48-34)38-8-4-20-52(38)44(56)40(54)22-28-6-2-18-46-26-28/h1-2,5-6,9-18,23-26,37-40,53-54H,3-4,7-8,19-22H2,(H,47,49)(H,48,50)/t37-,38-,39?,40?/m0/s1. The van der Waals surface area contributed by atoms with Gasteiger partial charge < -0.3 is 30.0 Å². The van der Waals surface area contributed by atoms with Gasteiger partial charge in [0.05, 0.1) is 34.2 Å². The second kappa shape index (κ2) is 15.1. The number of fused-ring (bicyclic) bond motifs is 2. The molecule has 0 saturated carbocycles. The number of amides is 2. The molecule has 0 bridgehead atoms. The highest BCUT2D eigenvalue weighted by molar-refractivity contribution is 5.86. The van der Waals surface area contributed by atoms with Gasteiger partial charge in [0.25, 0.3) is 11.8 Å². The molecule has 9 rings (SSSR count). The summed E-state index contributed by atoms with van der Waals surface area (Å²) in [5.74, 6) is 0.890. The Hall–Kier alpha value is -6.24. The van der Waals surface area contributed by atoms with Crippen LogP contribution in [0.25, 0.3) is 44.3 Å². The van der Waals surface area contributed by atoms with Crippen LogP contribution in [0.15, 0.2) is 110 Å². The molecule has 0 spiro atoms. The van der Waals surface area contributed by atoms with E-state index in [9.17, 15) is 19.8 Å². The summed E-state index contributed by atoms with van der Waals surface area (Å²) in [6.45, 7) is 1.16. The van der Waals surface area contributed by atoms with E-state index in [0.717, 1.165) is 92.8 Å². The lowest BCUT2D eigenvalue weighted by molar-refractivity contribution is -0.141. The topological polar surface area (TPSA) is 164 Å². The van der Waals surface area contributed by atoms with Crippen molar-refractivity contribution in [3.63, 3.8) is 0 Å². The molecule has 2 saturated heterocycles. The fraction of sp³-hybridized carbons (Fsp3) is 0.273. The second-order valence-corrected chi connectivity index (χ2v) is 14.8. The van der Waals surface area contributed by atoms with Crippen molar-refractivity contribution in [1.82, 2.24) is 39.7 Å². The van der Waals surface area contributed by atoms with Crippen LogP contribution in [0.4, 0.5) is 0 Å². The lowest BCUT2D eigenvalue weighted by atomic mass is 10.00. The summed E-state index contributed by atoms with van der Waals surface area (Å²) in [5, 5.41) is 21.6. The largest absolute Gasteiger partial charge is 0.383 e. The van der Waals surface area contributed by atoms with Crippen molar-refractivity contribution >= 4 is 33.9 Å². The van der Waals surface area contributed by atoms with Crippen molar-refractivity contribution in [2.24, 2.45) is 0 Å². The van der Waals surface area contributed by atoms with Gasteiger partial charge in [0.2, 0.25) is 0 Å². The number of imidazole rings is 2. The van der Waals surface area contributed by atoms with Gasteiger partial charge >= 0.3 is 0 Å². The Morgan fingerprint density at radius 2 is 1.05 bits per heavy atom. The molecule has 7 aromatic rings. The van der Waals surface area contributed by atoms with Gasteiger partial charge in [-0.3, -0.25) is 19.6 Å².